The summed E-state index contributed by atoms with van der Waals surface area (Å²) in [7, 11) is 1.62. The maximum absolute atomic E-state index is 11.1. The molecule has 0 aliphatic heterocycles. The van der Waals surface area contributed by atoms with Crippen LogP contribution < -0.4 is 4.74 Å². The van der Waals surface area contributed by atoms with Crippen molar-refractivity contribution in [1.29, 1.82) is 0 Å². The summed E-state index contributed by atoms with van der Waals surface area (Å²) in [6.07, 6.45) is 0.823. The van der Waals surface area contributed by atoms with Crippen molar-refractivity contribution >= 4 is 5.97 Å². The van der Waals surface area contributed by atoms with E-state index in [0.29, 0.717) is 0 Å². The van der Waals surface area contributed by atoms with Gasteiger partial charge in [0.2, 0.25) is 0 Å². The zero-order chi connectivity index (χ0) is 11.0. The van der Waals surface area contributed by atoms with Gasteiger partial charge in [0, 0.05) is 0 Å². The molecule has 0 amide bonds. The van der Waals surface area contributed by atoms with Crippen molar-refractivity contribution in [2.45, 2.75) is 19.3 Å². The molecule has 1 aliphatic rings. The fraction of sp³-hybridized carbons (Fsp3) is 0.417. The number of hydrogen-bond acceptors (Lipinski definition) is 2. The van der Waals surface area contributed by atoms with Crippen LogP contribution in [0.1, 0.15) is 24.0 Å². The van der Waals surface area contributed by atoms with Crippen LogP contribution in [0.5, 0.6) is 5.75 Å². The molecule has 80 valence electrons. The quantitative estimate of drug-likeness (QED) is 0.805. The molecule has 2 atom stereocenters. The first-order valence-corrected chi connectivity index (χ1v) is 5.03. The minimum absolute atomic E-state index is 0.171. The molecule has 0 radical (unpaired) electrons. The van der Waals surface area contributed by atoms with Crippen molar-refractivity contribution in [2.24, 2.45) is 5.92 Å². The first-order valence-electron chi connectivity index (χ1n) is 5.03. The molecule has 1 N–H and O–H groups in total. The highest BCUT2D eigenvalue weighted by molar-refractivity contribution is 5.78. The van der Waals surface area contributed by atoms with Crippen LogP contribution in [0.25, 0.3) is 0 Å². The molecule has 0 bridgehead atoms. The van der Waals surface area contributed by atoms with Crippen molar-refractivity contribution in [3.8, 4) is 5.75 Å². The highest BCUT2D eigenvalue weighted by Gasteiger charge is 2.34. The standard InChI is InChI=1S/C12H14O3/c1-7-5-8-6-9(15-2)3-4-10(8)11(7)12(13)14/h3-4,6-7,11H,5H2,1-2H3,(H,13,14). The van der Waals surface area contributed by atoms with E-state index in [2.05, 4.69) is 0 Å². The number of carbonyl (C=O) groups is 1. The molecule has 3 heteroatoms. The molecule has 0 fully saturated rings. The molecule has 0 saturated heterocycles. The lowest BCUT2D eigenvalue weighted by Gasteiger charge is -2.10. The Bertz CT molecular complexity index is 398. The smallest absolute Gasteiger partial charge is 0.311 e. The summed E-state index contributed by atoms with van der Waals surface area (Å²) in [6.45, 7) is 1.98. The van der Waals surface area contributed by atoms with E-state index in [1.165, 1.54) is 0 Å². The number of benzene rings is 1. The molecule has 15 heavy (non-hydrogen) atoms. The van der Waals surface area contributed by atoms with Crippen LogP contribution >= 0.6 is 0 Å². The molecule has 1 aliphatic carbocycles. The third-order valence-corrected chi connectivity index (χ3v) is 3.06. The van der Waals surface area contributed by atoms with Gasteiger partial charge in [-0.3, -0.25) is 4.79 Å². The Kier molecular flexibility index (Phi) is 2.39. The van der Waals surface area contributed by atoms with E-state index in [0.717, 1.165) is 23.3 Å². The van der Waals surface area contributed by atoms with E-state index in [4.69, 9.17) is 9.84 Å². The minimum atomic E-state index is -0.730. The van der Waals surface area contributed by atoms with Gasteiger partial charge in [-0.15, -0.1) is 0 Å². The molecule has 1 aromatic rings. The molecule has 2 rings (SSSR count). The van der Waals surface area contributed by atoms with Crippen LogP contribution in [0.2, 0.25) is 0 Å². The zero-order valence-corrected chi connectivity index (χ0v) is 8.86. The number of fused-ring (bicyclic) bond motifs is 1. The lowest BCUT2D eigenvalue weighted by molar-refractivity contribution is -0.139. The van der Waals surface area contributed by atoms with Crippen LogP contribution in [0.4, 0.5) is 0 Å². The van der Waals surface area contributed by atoms with E-state index in [-0.39, 0.29) is 11.8 Å². The summed E-state index contributed by atoms with van der Waals surface area (Å²) < 4.78 is 5.12. The molecular weight excluding hydrogens is 192 g/mol. The molecule has 0 aromatic heterocycles. The van der Waals surface area contributed by atoms with E-state index in [9.17, 15) is 4.79 Å². The van der Waals surface area contributed by atoms with Gasteiger partial charge in [-0.05, 0) is 35.6 Å². The average Bonchev–Trinajstić information content (AvgIpc) is 2.52. The van der Waals surface area contributed by atoms with Crippen molar-refractivity contribution in [2.75, 3.05) is 7.11 Å². The van der Waals surface area contributed by atoms with E-state index in [1.54, 1.807) is 7.11 Å². The third-order valence-electron chi connectivity index (χ3n) is 3.06. The van der Waals surface area contributed by atoms with Crippen LogP contribution in [-0.4, -0.2) is 18.2 Å². The second kappa shape index (κ2) is 3.57. The van der Waals surface area contributed by atoms with Gasteiger partial charge in [0.1, 0.15) is 5.75 Å². The van der Waals surface area contributed by atoms with Gasteiger partial charge in [-0.25, -0.2) is 0 Å². The zero-order valence-electron chi connectivity index (χ0n) is 8.86. The lowest BCUT2D eigenvalue weighted by Crippen LogP contribution is -2.14. The van der Waals surface area contributed by atoms with Gasteiger partial charge in [0.25, 0.3) is 0 Å². The van der Waals surface area contributed by atoms with Crippen LogP contribution in [0.3, 0.4) is 0 Å². The van der Waals surface area contributed by atoms with Gasteiger partial charge in [0.05, 0.1) is 13.0 Å². The first kappa shape index (κ1) is 10.0. The molecule has 3 nitrogen and oxygen atoms in total. The van der Waals surface area contributed by atoms with E-state index < -0.39 is 5.97 Å². The summed E-state index contributed by atoms with van der Waals surface area (Å²) in [4.78, 5) is 11.1. The van der Waals surface area contributed by atoms with Gasteiger partial charge in [-0.1, -0.05) is 13.0 Å². The maximum Gasteiger partial charge on any atom is 0.311 e. The van der Waals surface area contributed by atoms with Crippen molar-refractivity contribution in [3.63, 3.8) is 0 Å². The second-order valence-electron chi connectivity index (χ2n) is 4.06. The van der Waals surface area contributed by atoms with Crippen LogP contribution in [0.15, 0.2) is 18.2 Å². The van der Waals surface area contributed by atoms with E-state index >= 15 is 0 Å². The predicted octanol–water partition coefficient (Wildman–Crippen LogP) is 2.06. The minimum Gasteiger partial charge on any atom is -0.497 e. The summed E-state index contributed by atoms with van der Waals surface area (Å²) in [5.74, 6) is -0.117. The number of rotatable bonds is 2. The van der Waals surface area contributed by atoms with Crippen LogP contribution in [0, 0.1) is 5.92 Å². The van der Waals surface area contributed by atoms with Gasteiger partial charge in [-0.2, -0.15) is 0 Å². The Balaban J connectivity index is 2.43. The third kappa shape index (κ3) is 1.58. The van der Waals surface area contributed by atoms with E-state index in [1.807, 2.05) is 25.1 Å². The predicted molar refractivity (Wildman–Crippen MR) is 56.2 cm³/mol. The van der Waals surface area contributed by atoms with Crippen molar-refractivity contribution < 1.29 is 14.6 Å². The van der Waals surface area contributed by atoms with Gasteiger partial charge < -0.3 is 9.84 Å². The Labute approximate surface area is 88.7 Å². The summed E-state index contributed by atoms with van der Waals surface area (Å²) in [5, 5.41) is 9.13. The summed E-state index contributed by atoms with van der Waals surface area (Å²) >= 11 is 0. The number of ether oxygens (including phenoxy) is 1. The van der Waals surface area contributed by atoms with Crippen LogP contribution in [-0.2, 0) is 11.2 Å². The van der Waals surface area contributed by atoms with Gasteiger partial charge in [0.15, 0.2) is 0 Å². The average molecular weight is 206 g/mol. The Hall–Kier alpha value is -1.51. The van der Waals surface area contributed by atoms with Crippen molar-refractivity contribution in [3.05, 3.63) is 29.3 Å². The number of aliphatic carboxylic acids is 1. The van der Waals surface area contributed by atoms with Crippen molar-refractivity contribution in [1.82, 2.24) is 0 Å². The summed E-state index contributed by atoms with van der Waals surface area (Å²) in [6, 6.07) is 5.64. The highest BCUT2D eigenvalue weighted by Crippen LogP contribution is 2.39. The van der Waals surface area contributed by atoms with Gasteiger partial charge >= 0.3 is 5.97 Å². The molecule has 2 unspecified atom stereocenters. The molecule has 0 saturated carbocycles. The SMILES string of the molecule is COc1ccc2c(c1)CC(C)C2C(=O)O. The largest absolute Gasteiger partial charge is 0.497 e. The number of carboxylic acid groups (broad SMARTS) is 1. The molecular formula is C12H14O3. The Morgan fingerprint density at radius 1 is 1.53 bits per heavy atom. The second-order valence-corrected chi connectivity index (χ2v) is 4.06. The Morgan fingerprint density at radius 2 is 2.27 bits per heavy atom. The molecule has 1 aromatic carbocycles. The number of hydrogen-bond donors (Lipinski definition) is 1. The highest BCUT2D eigenvalue weighted by atomic mass is 16.5. The first-order chi connectivity index (χ1) is 7.13. The maximum atomic E-state index is 11.1. The number of methoxy groups -OCH3 is 1. The summed E-state index contributed by atoms with van der Waals surface area (Å²) in [5.41, 5.74) is 2.05. The monoisotopic (exact) mass is 206 g/mol. The Morgan fingerprint density at radius 3 is 2.87 bits per heavy atom. The number of carboxylic acids is 1. The fourth-order valence-corrected chi connectivity index (χ4v) is 2.34. The molecule has 0 spiro atoms. The normalized spacial score (nSPS) is 23.6. The lowest BCUT2D eigenvalue weighted by atomic mass is 9.94. The fourth-order valence-electron chi connectivity index (χ4n) is 2.34. The molecule has 0 heterocycles. The topological polar surface area (TPSA) is 46.5 Å².